The maximum Gasteiger partial charge on any atom is 0.306 e. The normalized spacial score (nSPS) is 14.1. The number of aliphatic carboxylic acids is 1. The molecule has 0 saturated carbocycles. The fourth-order valence-corrected chi connectivity index (χ4v) is 1.37. The lowest BCUT2D eigenvalue weighted by atomic mass is 9.95. The number of hydrogen-bond acceptors (Lipinski definition) is 2. The predicted octanol–water partition coefficient (Wildman–Crippen LogP) is 2.35. The highest BCUT2D eigenvalue weighted by Gasteiger charge is 2.16. The zero-order valence-electron chi connectivity index (χ0n) is 8.50. The molecule has 0 aromatic carbocycles. The molecule has 0 aliphatic heterocycles. The minimum atomic E-state index is -0.750. The van der Waals surface area contributed by atoms with Crippen molar-refractivity contribution in [1.82, 2.24) is 0 Å². The number of hydrogen-bond donors (Lipinski definition) is 2. The Morgan fingerprint density at radius 2 is 2.21 bits per heavy atom. The molecule has 0 amide bonds. The van der Waals surface area contributed by atoms with E-state index in [4.69, 9.17) is 22.4 Å². The van der Waals surface area contributed by atoms with Crippen LogP contribution in [0.3, 0.4) is 0 Å². The summed E-state index contributed by atoms with van der Waals surface area (Å²) in [4.78, 5) is 10.8. The lowest BCUT2D eigenvalue weighted by molar-refractivity contribution is -0.141. The number of unbranched alkanes of at least 4 members (excludes halogenated alkanes) is 1. The van der Waals surface area contributed by atoms with Crippen LogP contribution in [0.25, 0.3) is 0 Å². The summed E-state index contributed by atoms with van der Waals surface area (Å²) in [7, 11) is 0. The van der Waals surface area contributed by atoms with E-state index < -0.39 is 5.97 Å². The standard InChI is InChI=1S/C10H18ClNO2/c1-8(7-11)6-9(10(13)14)4-2-3-5-12/h7,9H,2-6,12H2,1H3,(H,13,14). The van der Waals surface area contributed by atoms with E-state index in [1.54, 1.807) is 0 Å². The average molecular weight is 220 g/mol. The maximum atomic E-state index is 10.8. The Labute approximate surface area is 89.9 Å². The van der Waals surface area contributed by atoms with Crippen molar-refractivity contribution in [3.63, 3.8) is 0 Å². The predicted molar refractivity (Wildman–Crippen MR) is 58.3 cm³/mol. The second-order valence-electron chi connectivity index (χ2n) is 3.48. The largest absolute Gasteiger partial charge is 0.481 e. The van der Waals surface area contributed by atoms with Crippen molar-refractivity contribution < 1.29 is 9.90 Å². The number of carbonyl (C=O) groups is 1. The summed E-state index contributed by atoms with van der Waals surface area (Å²) < 4.78 is 0. The molecule has 0 aromatic rings. The Hall–Kier alpha value is -0.540. The molecule has 0 heterocycles. The number of carboxylic acid groups (broad SMARTS) is 1. The smallest absolute Gasteiger partial charge is 0.306 e. The van der Waals surface area contributed by atoms with Crippen molar-refractivity contribution in [2.75, 3.05) is 6.54 Å². The Bertz CT molecular complexity index is 204. The van der Waals surface area contributed by atoms with Gasteiger partial charge in [-0.15, -0.1) is 0 Å². The lowest BCUT2D eigenvalue weighted by Gasteiger charge is -2.11. The van der Waals surface area contributed by atoms with Crippen LogP contribution in [0.2, 0.25) is 0 Å². The van der Waals surface area contributed by atoms with Gasteiger partial charge in [0.2, 0.25) is 0 Å². The van der Waals surface area contributed by atoms with E-state index in [0.29, 0.717) is 19.4 Å². The van der Waals surface area contributed by atoms with Crippen molar-refractivity contribution in [1.29, 1.82) is 0 Å². The molecule has 0 saturated heterocycles. The summed E-state index contributed by atoms with van der Waals surface area (Å²) in [5.74, 6) is -1.07. The molecule has 0 aliphatic rings. The third-order valence-electron chi connectivity index (χ3n) is 2.11. The van der Waals surface area contributed by atoms with Crippen molar-refractivity contribution in [3.05, 3.63) is 11.1 Å². The van der Waals surface area contributed by atoms with Crippen LogP contribution in [-0.4, -0.2) is 17.6 Å². The molecule has 0 rings (SSSR count). The van der Waals surface area contributed by atoms with Gasteiger partial charge in [0, 0.05) is 5.54 Å². The number of halogens is 1. The van der Waals surface area contributed by atoms with Gasteiger partial charge in [-0.05, 0) is 32.7 Å². The van der Waals surface area contributed by atoms with Crippen LogP contribution in [0.15, 0.2) is 11.1 Å². The summed E-state index contributed by atoms with van der Waals surface area (Å²) in [6.07, 6.45) is 2.95. The molecular weight excluding hydrogens is 202 g/mol. The zero-order chi connectivity index (χ0) is 11.0. The fourth-order valence-electron chi connectivity index (χ4n) is 1.28. The first kappa shape index (κ1) is 13.5. The molecule has 0 radical (unpaired) electrons. The zero-order valence-corrected chi connectivity index (χ0v) is 9.26. The molecule has 82 valence electrons. The Balaban J connectivity index is 3.97. The molecule has 1 atom stereocenters. The highest BCUT2D eigenvalue weighted by molar-refractivity contribution is 6.25. The van der Waals surface area contributed by atoms with Crippen LogP contribution >= 0.6 is 11.6 Å². The van der Waals surface area contributed by atoms with E-state index in [0.717, 1.165) is 18.4 Å². The third-order valence-corrected chi connectivity index (χ3v) is 2.48. The summed E-state index contributed by atoms with van der Waals surface area (Å²) in [5.41, 5.74) is 7.69. The topological polar surface area (TPSA) is 63.3 Å². The molecular formula is C10H18ClNO2. The van der Waals surface area contributed by atoms with E-state index in [9.17, 15) is 4.79 Å². The minimum absolute atomic E-state index is 0.323. The van der Waals surface area contributed by atoms with Crippen LogP contribution in [0.1, 0.15) is 32.6 Å². The second-order valence-corrected chi connectivity index (χ2v) is 3.70. The molecule has 3 nitrogen and oxygen atoms in total. The van der Waals surface area contributed by atoms with Crippen LogP contribution in [0, 0.1) is 5.92 Å². The summed E-state index contributed by atoms with van der Waals surface area (Å²) >= 11 is 5.49. The van der Waals surface area contributed by atoms with Crippen molar-refractivity contribution in [2.45, 2.75) is 32.6 Å². The van der Waals surface area contributed by atoms with Gasteiger partial charge >= 0.3 is 5.97 Å². The molecule has 0 aliphatic carbocycles. The number of nitrogens with two attached hydrogens (primary N) is 1. The average Bonchev–Trinajstić information content (AvgIpc) is 2.16. The summed E-state index contributed by atoms with van der Waals surface area (Å²) in [6.45, 7) is 2.46. The van der Waals surface area contributed by atoms with E-state index >= 15 is 0 Å². The highest BCUT2D eigenvalue weighted by atomic mass is 35.5. The van der Waals surface area contributed by atoms with Gasteiger partial charge in [-0.1, -0.05) is 23.6 Å². The third kappa shape index (κ3) is 6.00. The van der Waals surface area contributed by atoms with Crippen molar-refractivity contribution in [3.8, 4) is 0 Å². The van der Waals surface area contributed by atoms with Gasteiger partial charge < -0.3 is 10.8 Å². The highest BCUT2D eigenvalue weighted by Crippen LogP contribution is 2.18. The van der Waals surface area contributed by atoms with Crippen LogP contribution in [0.5, 0.6) is 0 Å². The molecule has 3 N–H and O–H groups in total. The van der Waals surface area contributed by atoms with Gasteiger partial charge in [0.05, 0.1) is 5.92 Å². The van der Waals surface area contributed by atoms with Gasteiger partial charge in [0.15, 0.2) is 0 Å². The molecule has 14 heavy (non-hydrogen) atoms. The van der Waals surface area contributed by atoms with Gasteiger partial charge in [0.25, 0.3) is 0 Å². The Morgan fingerprint density at radius 1 is 1.57 bits per heavy atom. The molecule has 1 unspecified atom stereocenters. The molecule has 0 bridgehead atoms. The van der Waals surface area contributed by atoms with Gasteiger partial charge in [-0.3, -0.25) is 4.79 Å². The van der Waals surface area contributed by atoms with Crippen LogP contribution < -0.4 is 5.73 Å². The lowest BCUT2D eigenvalue weighted by Crippen LogP contribution is -2.14. The Kier molecular flexibility index (Phi) is 7.52. The monoisotopic (exact) mass is 219 g/mol. The maximum absolute atomic E-state index is 10.8. The van der Waals surface area contributed by atoms with E-state index in [2.05, 4.69) is 0 Å². The first-order valence-electron chi connectivity index (χ1n) is 4.80. The molecule has 0 spiro atoms. The SMILES string of the molecule is CC(=CCl)CC(CCCCN)C(=O)O. The Morgan fingerprint density at radius 3 is 2.64 bits per heavy atom. The number of rotatable bonds is 7. The van der Waals surface area contributed by atoms with Crippen molar-refractivity contribution in [2.24, 2.45) is 11.7 Å². The van der Waals surface area contributed by atoms with Crippen LogP contribution in [0.4, 0.5) is 0 Å². The second kappa shape index (κ2) is 7.83. The molecule has 0 aromatic heterocycles. The van der Waals surface area contributed by atoms with Gasteiger partial charge in [-0.25, -0.2) is 0 Å². The first-order valence-corrected chi connectivity index (χ1v) is 5.24. The summed E-state index contributed by atoms with van der Waals surface area (Å²) in [6, 6.07) is 0. The quantitative estimate of drug-likeness (QED) is 0.646. The van der Waals surface area contributed by atoms with Gasteiger partial charge in [-0.2, -0.15) is 0 Å². The minimum Gasteiger partial charge on any atom is -0.481 e. The first-order chi connectivity index (χ1) is 6.61. The number of allylic oxidation sites excluding steroid dienone is 1. The van der Waals surface area contributed by atoms with Gasteiger partial charge in [0.1, 0.15) is 0 Å². The van der Waals surface area contributed by atoms with E-state index in [-0.39, 0.29) is 5.92 Å². The molecule has 4 heteroatoms. The fraction of sp³-hybridized carbons (Fsp3) is 0.700. The van der Waals surface area contributed by atoms with E-state index in [1.807, 2.05) is 6.92 Å². The summed E-state index contributed by atoms with van der Waals surface area (Å²) in [5, 5.41) is 8.92. The van der Waals surface area contributed by atoms with E-state index in [1.165, 1.54) is 5.54 Å². The van der Waals surface area contributed by atoms with Crippen molar-refractivity contribution >= 4 is 17.6 Å². The van der Waals surface area contributed by atoms with Crippen LogP contribution in [-0.2, 0) is 4.79 Å². The molecule has 0 fully saturated rings. The number of carboxylic acids is 1.